The molecule has 0 N–H and O–H groups in total. The third-order valence-electron chi connectivity index (χ3n) is 16.5. The first kappa shape index (κ1) is 46.5. The van der Waals surface area contributed by atoms with E-state index < -0.39 is 0 Å². The van der Waals surface area contributed by atoms with Crippen molar-refractivity contribution in [2.75, 3.05) is 19.0 Å². The van der Waals surface area contributed by atoms with Gasteiger partial charge in [-0.05, 0) is 146 Å². The van der Waals surface area contributed by atoms with Crippen LogP contribution in [0.1, 0.15) is 213 Å². The molecule has 0 saturated heterocycles. The van der Waals surface area contributed by atoms with Crippen molar-refractivity contribution in [3.63, 3.8) is 0 Å². The summed E-state index contributed by atoms with van der Waals surface area (Å²) in [5, 5.41) is 1.70. The summed E-state index contributed by atoms with van der Waals surface area (Å²) in [6.07, 6.45) is 47.5. The molecule has 6 aliphatic carbocycles. The molecule has 0 bridgehead atoms. The summed E-state index contributed by atoms with van der Waals surface area (Å²) in [6.45, 7) is 5.53. The van der Waals surface area contributed by atoms with Crippen molar-refractivity contribution in [3.8, 4) is 11.1 Å². The molecular formula is C55H90NP3. The maximum Gasteiger partial charge on any atom is 0.0440 e. The molecule has 0 aliphatic heterocycles. The molecule has 8 rings (SSSR count). The van der Waals surface area contributed by atoms with E-state index in [0.717, 1.165) is 45.3 Å². The highest BCUT2D eigenvalue weighted by atomic mass is 31.1. The van der Waals surface area contributed by atoms with E-state index in [0.29, 0.717) is 0 Å². The van der Waals surface area contributed by atoms with Gasteiger partial charge in [0.25, 0.3) is 0 Å². The molecule has 330 valence electrons. The van der Waals surface area contributed by atoms with Crippen LogP contribution in [0.5, 0.6) is 0 Å². The van der Waals surface area contributed by atoms with E-state index in [2.05, 4.69) is 81.4 Å². The zero-order chi connectivity index (χ0) is 40.8. The number of nitrogens with zero attached hydrogens (tertiary/aromatic N) is 1. The first-order valence-corrected chi connectivity index (χ1v) is 30.8. The standard InChI is InChI=1S/C29H54P2.C26H36NP/c1-24(30(26-15-7-3-8-16-26)27-17-9-4-10-18-27)23-25(2)31(28-19-11-5-12-20-28)29-21-13-6-14-22-29;1-27(2)25-19-11-9-17-23(25)24-18-10-12-20-26(24)28(21-13-5-3-6-14-21)22-15-7-4-8-16-22/h24-29H,3-23H2,1-2H3;9-12,17-22H,3-8,13-16H2,1-2H3. The summed E-state index contributed by atoms with van der Waals surface area (Å²) >= 11 is 0. The quantitative estimate of drug-likeness (QED) is 0.181. The minimum atomic E-state index is -0.0867. The molecule has 4 heteroatoms. The van der Waals surface area contributed by atoms with E-state index in [4.69, 9.17) is 0 Å². The highest BCUT2D eigenvalue weighted by molar-refractivity contribution is 7.67. The number of rotatable bonds is 13. The number of benzene rings is 2. The average Bonchev–Trinajstić information content (AvgIpc) is 3.29. The summed E-state index contributed by atoms with van der Waals surface area (Å²) in [5.41, 5.74) is 12.8. The first-order valence-electron chi connectivity index (χ1n) is 26.2. The van der Waals surface area contributed by atoms with Crippen LogP contribution in [-0.2, 0) is 0 Å². The lowest BCUT2D eigenvalue weighted by atomic mass is 9.99. The Kier molecular flexibility index (Phi) is 19.4. The lowest BCUT2D eigenvalue weighted by Crippen LogP contribution is -2.30. The van der Waals surface area contributed by atoms with Crippen LogP contribution in [0, 0.1) is 0 Å². The van der Waals surface area contributed by atoms with Crippen molar-refractivity contribution in [2.45, 2.75) is 258 Å². The van der Waals surface area contributed by atoms with Gasteiger partial charge in [-0.25, -0.2) is 0 Å². The predicted molar refractivity (Wildman–Crippen MR) is 271 cm³/mol. The van der Waals surface area contributed by atoms with Crippen LogP contribution in [0.2, 0.25) is 0 Å². The summed E-state index contributed by atoms with van der Waals surface area (Å²) < 4.78 is 0. The fraction of sp³-hybridized carbons (Fsp3) is 0.782. The van der Waals surface area contributed by atoms with E-state index >= 15 is 0 Å². The summed E-state index contributed by atoms with van der Waals surface area (Å²) in [6, 6.07) is 18.4. The summed E-state index contributed by atoms with van der Waals surface area (Å²) in [4.78, 5) is 2.27. The molecule has 59 heavy (non-hydrogen) atoms. The molecule has 1 nitrogen and oxygen atoms in total. The molecule has 2 aromatic carbocycles. The minimum Gasteiger partial charge on any atom is -0.377 e. The summed E-state index contributed by atoms with van der Waals surface area (Å²) in [5.74, 6) is 0. The highest BCUT2D eigenvalue weighted by Gasteiger charge is 2.39. The van der Waals surface area contributed by atoms with Gasteiger partial charge in [0.1, 0.15) is 0 Å². The van der Waals surface area contributed by atoms with E-state index in [1.54, 1.807) is 114 Å². The van der Waals surface area contributed by atoms with Crippen LogP contribution in [0.15, 0.2) is 48.5 Å². The monoisotopic (exact) mass is 858 g/mol. The number of hydrogen-bond acceptors (Lipinski definition) is 1. The Morgan fingerprint density at radius 3 is 1.07 bits per heavy atom. The molecule has 2 atom stereocenters. The van der Waals surface area contributed by atoms with E-state index in [1.165, 1.54) is 107 Å². The predicted octanol–water partition coefficient (Wildman–Crippen LogP) is 17.6. The Hall–Kier alpha value is -0.470. The van der Waals surface area contributed by atoms with Crippen LogP contribution in [0.25, 0.3) is 11.1 Å². The maximum absolute atomic E-state index is 2.76. The van der Waals surface area contributed by atoms with Crippen LogP contribution < -0.4 is 10.2 Å². The molecule has 0 aromatic heterocycles. The molecule has 0 radical (unpaired) electrons. The Morgan fingerprint density at radius 2 is 0.712 bits per heavy atom. The Bertz CT molecular complexity index is 1360. The molecule has 6 fully saturated rings. The molecule has 0 heterocycles. The van der Waals surface area contributed by atoms with Gasteiger partial charge in [0, 0.05) is 25.3 Å². The van der Waals surface area contributed by atoms with Gasteiger partial charge in [-0.1, -0.05) is 196 Å². The van der Waals surface area contributed by atoms with Gasteiger partial charge in [0.2, 0.25) is 0 Å². The van der Waals surface area contributed by atoms with Gasteiger partial charge in [-0.3, -0.25) is 0 Å². The van der Waals surface area contributed by atoms with Crippen LogP contribution in [0.3, 0.4) is 0 Å². The number of anilines is 1. The second-order valence-corrected chi connectivity index (χ2v) is 30.1. The molecule has 0 amide bonds. The lowest BCUT2D eigenvalue weighted by molar-refractivity contribution is 0.475. The normalized spacial score (nSPS) is 23.9. The topological polar surface area (TPSA) is 3.24 Å². The third-order valence-corrected chi connectivity index (χ3v) is 27.9. The van der Waals surface area contributed by atoms with Gasteiger partial charge in [-0.2, -0.15) is 0 Å². The van der Waals surface area contributed by atoms with Crippen LogP contribution in [0.4, 0.5) is 5.69 Å². The third kappa shape index (κ3) is 12.8. The maximum atomic E-state index is 2.76. The molecule has 6 saturated carbocycles. The zero-order valence-corrected chi connectivity index (χ0v) is 41.6. The van der Waals surface area contributed by atoms with Crippen molar-refractivity contribution in [2.24, 2.45) is 0 Å². The SMILES string of the molecule is CC(CC(C)P(C1CCCCC1)C1CCCCC1)P(C1CCCCC1)C1CCCCC1.CN(C)c1ccccc1-c1ccccc1P(C1CCCCC1)C1CCCCC1. The van der Waals surface area contributed by atoms with E-state index in [-0.39, 0.29) is 23.8 Å². The molecule has 0 spiro atoms. The van der Waals surface area contributed by atoms with Gasteiger partial charge in [0.05, 0.1) is 0 Å². The van der Waals surface area contributed by atoms with Crippen molar-refractivity contribution in [3.05, 3.63) is 48.5 Å². The highest BCUT2D eigenvalue weighted by Crippen LogP contribution is 2.64. The molecular weight excluding hydrogens is 768 g/mol. The zero-order valence-electron chi connectivity index (χ0n) is 38.9. The second kappa shape index (κ2) is 24.6. The Labute approximate surface area is 369 Å². The molecule has 2 aromatic rings. The van der Waals surface area contributed by atoms with Crippen LogP contribution >= 0.6 is 23.8 Å². The Morgan fingerprint density at radius 1 is 0.407 bits per heavy atom. The van der Waals surface area contributed by atoms with Crippen molar-refractivity contribution in [1.29, 1.82) is 0 Å². The van der Waals surface area contributed by atoms with Gasteiger partial charge in [0.15, 0.2) is 0 Å². The fourth-order valence-corrected chi connectivity index (χ4v) is 26.9. The van der Waals surface area contributed by atoms with Crippen molar-refractivity contribution >= 4 is 34.8 Å². The largest absolute Gasteiger partial charge is 0.377 e. The number of hydrogen-bond donors (Lipinski definition) is 0. The van der Waals surface area contributed by atoms with Gasteiger partial charge >= 0.3 is 0 Å². The van der Waals surface area contributed by atoms with Crippen LogP contribution in [-0.4, -0.2) is 59.4 Å². The second-order valence-electron chi connectivity index (χ2n) is 20.9. The van der Waals surface area contributed by atoms with Crippen molar-refractivity contribution in [1.82, 2.24) is 0 Å². The lowest BCUT2D eigenvalue weighted by Gasteiger charge is -2.46. The van der Waals surface area contributed by atoms with Gasteiger partial charge in [-0.15, -0.1) is 0 Å². The Balaban J connectivity index is 0.000000180. The van der Waals surface area contributed by atoms with E-state index in [1.807, 2.05) is 0 Å². The van der Waals surface area contributed by atoms with Crippen molar-refractivity contribution < 1.29 is 0 Å². The molecule has 2 unspecified atom stereocenters. The minimum absolute atomic E-state index is 0.0867. The first-order chi connectivity index (χ1) is 29.0. The smallest absolute Gasteiger partial charge is 0.0440 e. The average molecular weight is 858 g/mol. The molecule has 6 aliphatic rings. The fourth-order valence-electron chi connectivity index (χ4n) is 13.7. The summed E-state index contributed by atoms with van der Waals surface area (Å²) in [7, 11) is 4.78. The van der Waals surface area contributed by atoms with E-state index in [9.17, 15) is 0 Å². The number of para-hydroxylation sites is 1. The van der Waals surface area contributed by atoms with Gasteiger partial charge < -0.3 is 4.90 Å².